The van der Waals surface area contributed by atoms with Crippen molar-refractivity contribution >= 4 is 22.6 Å². The standard InChI is InChI=1S/C20H19ClN2O2/c21-16-5-4-13(19-15(16)6-9-24-19)12-25-18-3-1-2-17(23-18)20-7-8-22-11-14(20)10-20/h1-6,9,14,22H,7-8,10-12H2. The van der Waals surface area contributed by atoms with E-state index >= 15 is 0 Å². The van der Waals surface area contributed by atoms with Crippen LogP contribution in [0.4, 0.5) is 0 Å². The molecule has 3 aromatic rings. The van der Waals surface area contributed by atoms with Crippen molar-refractivity contribution < 1.29 is 9.15 Å². The predicted octanol–water partition coefficient (Wildman–Crippen LogP) is 4.31. The zero-order chi connectivity index (χ0) is 16.9. The molecule has 5 heteroatoms. The van der Waals surface area contributed by atoms with E-state index in [2.05, 4.69) is 11.4 Å². The van der Waals surface area contributed by atoms with Crippen LogP contribution < -0.4 is 10.1 Å². The van der Waals surface area contributed by atoms with Crippen molar-refractivity contribution in [1.82, 2.24) is 10.3 Å². The summed E-state index contributed by atoms with van der Waals surface area (Å²) in [4.78, 5) is 4.80. The minimum Gasteiger partial charge on any atom is -0.473 e. The lowest BCUT2D eigenvalue weighted by Crippen LogP contribution is -2.31. The van der Waals surface area contributed by atoms with Gasteiger partial charge in [0.05, 0.1) is 17.0 Å². The lowest BCUT2D eigenvalue weighted by molar-refractivity contribution is 0.291. The summed E-state index contributed by atoms with van der Waals surface area (Å²) in [6.45, 7) is 2.59. The normalized spacial score (nSPS) is 24.9. The lowest BCUT2D eigenvalue weighted by Gasteiger charge is -2.22. The van der Waals surface area contributed by atoms with Gasteiger partial charge in [-0.1, -0.05) is 23.7 Å². The molecule has 1 aromatic carbocycles. The first kappa shape index (κ1) is 15.2. The molecule has 1 saturated carbocycles. The Labute approximate surface area is 151 Å². The summed E-state index contributed by atoms with van der Waals surface area (Å²) in [6, 6.07) is 11.8. The molecule has 0 radical (unpaired) electrons. The van der Waals surface area contributed by atoms with Gasteiger partial charge < -0.3 is 14.5 Å². The molecule has 1 saturated heterocycles. The Morgan fingerprint density at radius 2 is 2.24 bits per heavy atom. The van der Waals surface area contributed by atoms with Gasteiger partial charge in [-0.05, 0) is 50.0 Å². The summed E-state index contributed by atoms with van der Waals surface area (Å²) in [5.74, 6) is 1.40. The Morgan fingerprint density at radius 1 is 1.28 bits per heavy atom. The monoisotopic (exact) mass is 354 g/mol. The van der Waals surface area contributed by atoms with Gasteiger partial charge in [-0.2, -0.15) is 0 Å². The molecule has 2 atom stereocenters. The highest BCUT2D eigenvalue weighted by Crippen LogP contribution is 2.57. The van der Waals surface area contributed by atoms with Crippen molar-refractivity contribution in [3.63, 3.8) is 0 Å². The fraction of sp³-hybridized carbons (Fsp3) is 0.350. The summed E-state index contributed by atoms with van der Waals surface area (Å²) in [5, 5.41) is 5.08. The number of hydrogen-bond acceptors (Lipinski definition) is 4. The molecule has 3 heterocycles. The molecule has 4 nitrogen and oxygen atoms in total. The van der Waals surface area contributed by atoms with Gasteiger partial charge in [0.15, 0.2) is 0 Å². The maximum atomic E-state index is 6.20. The van der Waals surface area contributed by atoms with Crippen molar-refractivity contribution in [2.75, 3.05) is 13.1 Å². The van der Waals surface area contributed by atoms with Crippen molar-refractivity contribution in [2.24, 2.45) is 5.92 Å². The summed E-state index contributed by atoms with van der Waals surface area (Å²) in [5.41, 5.74) is 3.21. The number of pyridine rings is 1. The van der Waals surface area contributed by atoms with Crippen LogP contribution in [0.3, 0.4) is 0 Å². The van der Waals surface area contributed by atoms with Gasteiger partial charge in [0.25, 0.3) is 0 Å². The zero-order valence-electron chi connectivity index (χ0n) is 13.8. The van der Waals surface area contributed by atoms with Crippen molar-refractivity contribution in [3.05, 3.63) is 58.9 Å². The number of benzene rings is 1. The first-order valence-corrected chi connectivity index (χ1v) is 9.10. The molecule has 2 unspecified atom stereocenters. The van der Waals surface area contributed by atoms with Crippen LogP contribution in [0.5, 0.6) is 5.88 Å². The van der Waals surface area contributed by atoms with Gasteiger partial charge in [-0.25, -0.2) is 4.98 Å². The Morgan fingerprint density at radius 3 is 3.16 bits per heavy atom. The largest absolute Gasteiger partial charge is 0.473 e. The Hall–Kier alpha value is -2.04. The fourth-order valence-electron chi connectivity index (χ4n) is 4.11. The third kappa shape index (κ3) is 2.52. The molecule has 1 aliphatic carbocycles. The average molecular weight is 355 g/mol. The van der Waals surface area contributed by atoms with Crippen molar-refractivity contribution in [3.8, 4) is 5.88 Å². The molecule has 2 fully saturated rings. The van der Waals surface area contributed by atoms with Crippen LogP contribution >= 0.6 is 11.6 Å². The number of ether oxygens (including phenoxy) is 1. The van der Waals surface area contributed by atoms with Gasteiger partial charge in [0.2, 0.25) is 5.88 Å². The number of aromatic nitrogens is 1. The van der Waals surface area contributed by atoms with E-state index in [1.807, 2.05) is 30.3 Å². The lowest BCUT2D eigenvalue weighted by atomic mass is 9.92. The molecule has 2 aromatic heterocycles. The summed E-state index contributed by atoms with van der Waals surface area (Å²) < 4.78 is 11.5. The molecule has 128 valence electrons. The van der Waals surface area contributed by atoms with Crippen LogP contribution in [0.25, 0.3) is 11.0 Å². The van der Waals surface area contributed by atoms with Crippen LogP contribution in [-0.2, 0) is 12.0 Å². The highest BCUT2D eigenvalue weighted by atomic mass is 35.5. The minimum atomic E-state index is 0.277. The number of nitrogens with one attached hydrogen (secondary N) is 1. The number of fused-ring (bicyclic) bond motifs is 2. The van der Waals surface area contributed by atoms with E-state index < -0.39 is 0 Å². The summed E-state index contributed by atoms with van der Waals surface area (Å²) in [6.07, 6.45) is 4.06. The first-order valence-electron chi connectivity index (χ1n) is 8.72. The molecule has 1 N–H and O–H groups in total. The van der Waals surface area contributed by atoms with Crippen LogP contribution in [0.1, 0.15) is 24.1 Å². The molecular weight excluding hydrogens is 336 g/mol. The second-order valence-corrected chi connectivity index (χ2v) is 7.44. The van der Waals surface area contributed by atoms with Crippen LogP contribution in [0.2, 0.25) is 5.02 Å². The first-order chi connectivity index (χ1) is 12.3. The number of hydrogen-bond donors (Lipinski definition) is 1. The van der Waals surface area contributed by atoms with E-state index in [-0.39, 0.29) is 5.41 Å². The van der Waals surface area contributed by atoms with E-state index in [0.29, 0.717) is 17.5 Å². The maximum Gasteiger partial charge on any atom is 0.213 e. The summed E-state index contributed by atoms with van der Waals surface area (Å²) in [7, 11) is 0. The van der Waals surface area contributed by atoms with Crippen molar-refractivity contribution in [1.29, 1.82) is 0 Å². The van der Waals surface area contributed by atoms with Gasteiger partial charge >= 0.3 is 0 Å². The van der Waals surface area contributed by atoms with E-state index in [1.165, 1.54) is 18.5 Å². The predicted molar refractivity (Wildman–Crippen MR) is 97.1 cm³/mol. The van der Waals surface area contributed by atoms with E-state index in [0.717, 1.165) is 35.5 Å². The topological polar surface area (TPSA) is 47.3 Å². The van der Waals surface area contributed by atoms with E-state index in [9.17, 15) is 0 Å². The van der Waals surface area contributed by atoms with E-state index in [1.54, 1.807) is 6.26 Å². The summed E-state index contributed by atoms with van der Waals surface area (Å²) >= 11 is 6.20. The molecule has 2 aliphatic rings. The second kappa shape index (κ2) is 5.75. The molecule has 25 heavy (non-hydrogen) atoms. The Bertz CT molecular complexity index is 938. The maximum absolute atomic E-state index is 6.20. The van der Waals surface area contributed by atoms with Crippen LogP contribution in [0, 0.1) is 5.92 Å². The average Bonchev–Trinajstić information content (AvgIpc) is 3.20. The highest BCUT2D eigenvalue weighted by molar-refractivity contribution is 6.35. The van der Waals surface area contributed by atoms with Crippen molar-refractivity contribution in [2.45, 2.75) is 24.9 Å². The van der Waals surface area contributed by atoms with E-state index in [4.69, 9.17) is 25.7 Å². The molecule has 0 spiro atoms. The van der Waals surface area contributed by atoms with Gasteiger partial charge in [0.1, 0.15) is 12.2 Å². The third-order valence-electron chi connectivity index (χ3n) is 5.62. The highest BCUT2D eigenvalue weighted by Gasteiger charge is 2.57. The van der Waals surface area contributed by atoms with Gasteiger partial charge in [-0.15, -0.1) is 0 Å². The number of piperidine rings is 1. The molecule has 0 amide bonds. The number of nitrogens with zero attached hydrogens (tertiary/aromatic N) is 1. The molecule has 1 aliphatic heterocycles. The Kier molecular flexibility index (Phi) is 3.50. The number of rotatable bonds is 4. The molecular formula is C20H19ClN2O2. The fourth-order valence-corrected chi connectivity index (χ4v) is 4.32. The molecule has 5 rings (SSSR count). The Balaban J connectivity index is 1.37. The number of halogens is 1. The SMILES string of the molecule is Clc1ccc(COc2cccc(C34CCNCC3C4)n2)c2occc12. The second-order valence-electron chi connectivity index (χ2n) is 7.03. The van der Waals surface area contributed by atoms with Crippen LogP contribution in [-0.4, -0.2) is 18.1 Å². The van der Waals surface area contributed by atoms with Gasteiger partial charge in [-0.3, -0.25) is 0 Å². The smallest absolute Gasteiger partial charge is 0.213 e. The quantitative estimate of drug-likeness (QED) is 0.758. The third-order valence-corrected chi connectivity index (χ3v) is 5.95. The van der Waals surface area contributed by atoms with Crippen LogP contribution in [0.15, 0.2) is 47.1 Å². The number of furan rings is 1. The molecule has 0 bridgehead atoms. The minimum absolute atomic E-state index is 0.277. The zero-order valence-corrected chi connectivity index (χ0v) is 14.6. The van der Waals surface area contributed by atoms with Gasteiger partial charge in [0, 0.05) is 22.4 Å².